The number of hydrogen-bond acceptors (Lipinski definition) is 3. The number of anilines is 1. The normalized spacial score (nSPS) is 15.6. The zero-order chi connectivity index (χ0) is 11.1. The summed E-state index contributed by atoms with van der Waals surface area (Å²) in [5.74, 6) is 0.913. The summed E-state index contributed by atoms with van der Waals surface area (Å²) in [6.45, 7) is 0.0254. The van der Waals surface area contributed by atoms with Crippen molar-refractivity contribution in [3.63, 3.8) is 0 Å². The van der Waals surface area contributed by atoms with E-state index in [2.05, 4.69) is 16.9 Å². The molecule has 1 N–H and O–H groups in total. The SMILES string of the molecule is CN(c1nc2ccccn2c1CO)C1CC1. The number of nitrogens with zero attached hydrogens (tertiary/aromatic N) is 3. The lowest BCUT2D eigenvalue weighted by Crippen LogP contribution is -2.21. The largest absolute Gasteiger partial charge is 0.390 e. The average Bonchev–Trinajstić information content (AvgIpc) is 3.08. The van der Waals surface area contributed by atoms with Crippen LogP contribution in [0.25, 0.3) is 5.65 Å². The van der Waals surface area contributed by atoms with Crippen LogP contribution >= 0.6 is 0 Å². The van der Waals surface area contributed by atoms with Gasteiger partial charge in [-0.15, -0.1) is 0 Å². The van der Waals surface area contributed by atoms with E-state index >= 15 is 0 Å². The van der Waals surface area contributed by atoms with E-state index in [1.807, 2.05) is 28.8 Å². The molecule has 2 aromatic heterocycles. The number of fused-ring (bicyclic) bond motifs is 1. The molecule has 0 spiro atoms. The number of imidazole rings is 1. The Morgan fingerprint density at radius 1 is 1.50 bits per heavy atom. The molecule has 2 aromatic rings. The number of aliphatic hydroxyl groups excluding tert-OH is 1. The first kappa shape index (κ1) is 9.66. The number of aromatic nitrogens is 2. The van der Waals surface area contributed by atoms with Crippen molar-refractivity contribution in [2.75, 3.05) is 11.9 Å². The van der Waals surface area contributed by atoms with Crippen LogP contribution < -0.4 is 4.90 Å². The maximum absolute atomic E-state index is 9.47. The molecule has 0 saturated heterocycles. The van der Waals surface area contributed by atoms with Gasteiger partial charge in [0, 0.05) is 19.3 Å². The van der Waals surface area contributed by atoms with E-state index in [0.717, 1.165) is 17.2 Å². The van der Waals surface area contributed by atoms with Gasteiger partial charge in [-0.25, -0.2) is 4.98 Å². The Bertz CT molecular complexity index is 516. The van der Waals surface area contributed by atoms with Crippen molar-refractivity contribution in [1.82, 2.24) is 9.38 Å². The van der Waals surface area contributed by atoms with Gasteiger partial charge >= 0.3 is 0 Å². The molecule has 84 valence electrons. The molecule has 0 aromatic carbocycles. The second-order valence-electron chi connectivity index (χ2n) is 4.31. The molecule has 4 heteroatoms. The van der Waals surface area contributed by atoms with Crippen LogP contribution in [0, 0.1) is 0 Å². The average molecular weight is 217 g/mol. The summed E-state index contributed by atoms with van der Waals surface area (Å²) in [6, 6.07) is 6.48. The standard InChI is InChI=1S/C12H15N3O/c1-14(9-5-6-9)12-10(8-16)15-7-3-2-4-11(15)13-12/h2-4,7,9,16H,5-6,8H2,1H3. The fourth-order valence-electron chi connectivity index (χ4n) is 2.10. The van der Waals surface area contributed by atoms with Gasteiger partial charge in [0.25, 0.3) is 0 Å². The highest BCUT2D eigenvalue weighted by atomic mass is 16.3. The number of pyridine rings is 1. The number of rotatable bonds is 3. The van der Waals surface area contributed by atoms with Crippen molar-refractivity contribution < 1.29 is 5.11 Å². The van der Waals surface area contributed by atoms with Crippen LogP contribution in [0.2, 0.25) is 0 Å². The summed E-state index contributed by atoms with van der Waals surface area (Å²) < 4.78 is 1.95. The van der Waals surface area contributed by atoms with Crippen LogP contribution in [0.5, 0.6) is 0 Å². The smallest absolute Gasteiger partial charge is 0.153 e. The molecule has 3 rings (SSSR count). The lowest BCUT2D eigenvalue weighted by molar-refractivity contribution is 0.276. The second kappa shape index (κ2) is 3.49. The van der Waals surface area contributed by atoms with Gasteiger partial charge in [0.15, 0.2) is 5.82 Å². The Hall–Kier alpha value is -1.55. The predicted octanol–water partition coefficient (Wildman–Crippen LogP) is 1.43. The van der Waals surface area contributed by atoms with Gasteiger partial charge in [-0.05, 0) is 25.0 Å². The van der Waals surface area contributed by atoms with Crippen LogP contribution in [-0.4, -0.2) is 27.6 Å². The molecule has 2 heterocycles. The van der Waals surface area contributed by atoms with Crippen molar-refractivity contribution >= 4 is 11.5 Å². The van der Waals surface area contributed by atoms with Gasteiger partial charge in [-0.1, -0.05) is 6.07 Å². The summed E-state index contributed by atoms with van der Waals surface area (Å²) in [6.07, 6.45) is 4.41. The maximum atomic E-state index is 9.47. The molecule has 1 aliphatic rings. The zero-order valence-corrected chi connectivity index (χ0v) is 9.30. The number of aliphatic hydroxyl groups is 1. The van der Waals surface area contributed by atoms with E-state index in [0.29, 0.717) is 6.04 Å². The first-order valence-electron chi connectivity index (χ1n) is 5.61. The minimum atomic E-state index is 0.0254. The molecular weight excluding hydrogens is 202 g/mol. The molecular formula is C12H15N3O. The van der Waals surface area contributed by atoms with E-state index < -0.39 is 0 Å². The van der Waals surface area contributed by atoms with Crippen LogP contribution in [-0.2, 0) is 6.61 Å². The molecule has 4 nitrogen and oxygen atoms in total. The van der Waals surface area contributed by atoms with Crippen LogP contribution in [0.4, 0.5) is 5.82 Å². The summed E-state index contributed by atoms with van der Waals surface area (Å²) in [5.41, 5.74) is 1.78. The lowest BCUT2D eigenvalue weighted by atomic mass is 10.4. The molecule has 0 aliphatic heterocycles. The summed E-state index contributed by atoms with van der Waals surface area (Å²) in [7, 11) is 2.05. The third-order valence-electron chi connectivity index (χ3n) is 3.19. The second-order valence-corrected chi connectivity index (χ2v) is 4.31. The van der Waals surface area contributed by atoms with Gasteiger partial charge in [-0.3, -0.25) is 4.40 Å². The molecule has 0 bridgehead atoms. The van der Waals surface area contributed by atoms with Gasteiger partial charge in [0.05, 0.1) is 12.3 Å². The molecule has 0 unspecified atom stereocenters. The lowest BCUT2D eigenvalue weighted by Gasteiger charge is -2.16. The van der Waals surface area contributed by atoms with E-state index in [-0.39, 0.29) is 6.61 Å². The van der Waals surface area contributed by atoms with Crippen LogP contribution in [0.15, 0.2) is 24.4 Å². The first-order chi connectivity index (χ1) is 7.81. The van der Waals surface area contributed by atoms with E-state index in [9.17, 15) is 5.11 Å². The summed E-state index contributed by atoms with van der Waals surface area (Å²) in [4.78, 5) is 6.75. The minimum Gasteiger partial charge on any atom is -0.390 e. The van der Waals surface area contributed by atoms with Crippen molar-refractivity contribution in [3.8, 4) is 0 Å². The Balaban J connectivity index is 2.15. The van der Waals surface area contributed by atoms with Crippen molar-refractivity contribution in [2.45, 2.75) is 25.5 Å². The Kier molecular flexibility index (Phi) is 2.11. The van der Waals surface area contributed by atoms with Crippen molar-refractivity contribution in [1.29, 1.82) is 0 Å². The monoisotopic (exact) mass is 217 g/mol. The summed E-state index contributed by atoms with van der Waals surface area (Å²) >= 11 is 0. The predicted molar refractivity (Wildman–Crippen MR) is 62.5 cm³/mol. The topological polar surface area (TPSA) is 40.8 Å². The van der Waals surface area contributed by atoms with Crippen LogP contribution in [0.1, 0.15) is 18.5 Å². The molecule has 0 radical (unpaired) electrons. The van der Waals surface area contributed by atoms with Gasteiger partial charge < -0.3 is 10.0 Å². The third kappa shape index (κ3) is 1.38. The molecule has 1 fully saturated rings. The molecule has 16 heavy (non-hydrogen) atoms. The highest BCUT2D eigenvalue weighted by Gasteiger charge is 2.29. The number of hydrogen-bond donors (Lipinski definition) is 1. The van der Waals surface area contributed by atoms with E-state index in [4.69, 9.17) is 0 Å². The fourth-order valence-corrected chi connectivity index (χ4v) is 2.10. The first-order valence-corrected chi connectivity index (χ1v) is 5.61. The van der Waals surface area contributed by atoms with Crippen molar-refractivity contribution in [3.05, 3.63) is 30.1 Å². The van der Waals surface area contributed by atoms with Crippen molar-refractivity contribution in [2.24, 2.45) is 0 Å². The molecule has 0 atom stereocenters. The van der Waals surface area contributed by atoms with Crippen LogP contribution in [0.3, 0.4) is 0 Å². The van der Waals surface area contributed by atoms with Gasteiger partial charge in [0.2, 0.25) is 0 Å². The maximum Gasteiger partial charge on any atom is 0.153 e. The molecule has 1 saturated carbocycles. The highest BCUT2D eigenvalue weighted by molar-refractivity contribution is 5.56. The molecule has 0 amide bonds. The van der Waals surface area contributed by atoms with Gasteiger partial charge in [-0.2, -0.15) is 0 Å². The Labute approximate surface area is 94.1 Å². The Morgan fingerprint density at radius 3 is 3.00 bits per heavy atom. The zero-order valence-electron chi connectivity index (χ0n) is 9.30. The van der Waals surface area contributed by atoms with E-state index in [1.54, 1.807) is 0 Å². The third-order valence-corrected chi connectivity index (χ3v) is 3.19. The quantitative estimate of drug-likeness (QED) is 0.845. The Morgan fingerprint density at radius 2 is 2.31 bits per heavy atom. The molecule has 1 aliphatic carbocycles. The highest BCUT2D eigenvalue weighted by Crippen LogP contribution is 2.32. The fraction of sp³-hybridized carbons (Fsp3) is 0.417. The van der Waals surface area contributed by atoms with E-state index in [1.165, 1.54) is 12.8 Å². The summed E-state index contributed by atoms with van der Waals surface area (Å²) in [5, 5.41) is 9.47. The van der Waals surface area contributed by atoms with Gasteiger partial charge in [0.1, 0.15) is 5.65 Å². The minimum absolute atomic E-state index is 0.0254.